The van der Waals surface area contributed by atoms with Crippen molar-refractivity contribution in [2.45, 2.75) is 12.1 Å². The molecule has 0 bridgehead atoms. The number of aliphatic hydroxyl groups excluding tert-OH is 2. The topological polar surface area (TPSA) is 107 Å². The number of carbonyl (C=O) groups is 2. The molecule has 8 heteroatoms. The summed E-state index contributed by atoms with van der Waals surface area (Å²) in [5.41, 5.74) is 0.802. The molecule has 0 saturated carbocycles. The first-order valence-electron chi connectivity index (χ1n) is 9.23. The molecule has 1 aliphatic heterocycles. The van der Waals surface area contributed by atoms with Crippen molar-refractivity contribution >= 4 is 24.0 Å². The summed E-state index contributed by atoms with van der Waals surface area (Å²) >= 11 is 1.70. The quantitative estimate of drug-likeness (QED) is 0.590. The lowest BCUT2D eigenvalue weighted by Crippen LogP contribution is -2.49. The second-order valence-corrected chi connectivity index (χ2v) is 7.78. The number of thioether (sulfide) groups is 1. The first kappa shape index (κ1) is 21.2. The average Bonchev–Trinajstić information content (AvgIpc) is 2.77. The number of phenolic OH excluding ortho intramolecular Hbond substituents is 1. The Kier molecular flexibility index (Phi) is 7.13. The molecule has 3 N–H and O–H groups in total. The molecule has 2 aromatic rings. The smallest absolute Gasteiger partial charge is 0.254 e. The highest BCUT2D eigenvalue weighted by Gasteiger charge is 2.30. The fourth-order valence-corrected chi connectivity index (χ4v) is 4.30. The fraction of sp³-hybridized carbons (Fsp3) is 0.333. The van der Waals surface area contributed by atoms with E-state index < -0.39 is 12.7 Å². The minimum absolute atomic E-state index is 0.0743. The van der Waals surface area contributed by atoms with Crippen LogP contribution in [0.3, 0.4) is 0 Å². The van der Waals surface area contributed by atoms with Crippen LogP contribution in [0.5, 0.6) is 11.5 Å². The molecular weight excluding hydrogens is 394 g/mol. The van der Waals surface area contributed by atoms with Gasteiger partial charge in [0.15, 0.2) is 6.29 Å². The van der Waals surface area contributed by atoms with Crippen LogP contribution in [0, 0.1) is 0 Å². The number of amides is 1. The summed E-state index contributed by atoms with van der Waals surface area (Å²) in [7, 11) is 0. The van der Waals surface area contributed by atoms with Gasteiger partial charge < -0.3 is 25.0 Å². The second kappa shape index (κ2) is 9.78. The van der Waals surface area contributed by atoms with Crippen LogP contribution in [0.15, 0.2) is 42.5 Å². The van der Waals surface area contributed by atoms with Gasteiger partial charge in [-0.3, -0.25) is 9.59 Å². The van der Waals surface area contributed by atoms with Crippen LogP contribution in [0.1, 0.15) is 32.4 Å². The molecule has 154 valence electrons. The normalized spacial score (nSPS) is 17.6. The minimum atomic E-state index is -1.13. The first-order chi connectivity index (χ1) is 14.1. The lowest BCUT2D eigenvalue weighted by atomic mass is 10.0. The molecule has 1 fully saturated rings. The van der Waals surface area contributed by atoms with Crippen molar-refractivity contribution in [3.05, 3.63) is 59.2 Å². The number of phenols is 1. The number of aliphatic hydroxyl groups is 2. The van der Waals surface area contributed by atoms with E-state index in [1.807, 2.05) is 0 Å². The molecule has 0 spiro atoms. The molecule has 29 heavy (non-hydrogen) atoms. The second-order valence-electron chi connectivity index (χ2n) is 6.63. The van der Waals surface area contributed by atoms with E-state index in [4.69, 9.17) is 4.74 Å². The van der Waals surface area contributed by atoms with E-state index in [2.05, 4.69) is 0 Å². The van der Waals surface area contributed by atoms with Gasteiger partial charge in [-0.2, -0.15) is 11.8 Å². The molecular formula is C21H23NO6S. The summed E-state index contributed by atoms with van der Waals surface area (Å²) in [6, 6.07) is 11.0. The number of rotatable bonds is 7. The number of benzene rings is 2. The SMILES string of the molecule is O=Cc1c(O)cccc1OC[C@@H]1CSCCN1C(=O)c1ccccc1[C@H](O)CO. The summed E-state index contributed by atoms with van der Waals surface area (Å²) in [6.45, 7) is 0.202. The van der Waals surface area contributed by atoms with Gasteiger partial charge in [-0.05, 0) is 23.8 Å². The van der Waals surface area contributed by atoms with Crippen LogP contribution in [0.4, 0.5) is 0 Å². The maximum absolute atomic E-state index is 13.2. The summed E-state index contributed by atoms with van der Waals surface area (Å²) in [4.78, 5) is 26.1. The Bertz CT molecular complexity index is 874. The van der Waals surface area contributed by atoms with E-state index in [0.717, 1.165) is 5.75 Å². The van der Waals surface area contributed by atoms with Crippen molar-refractivity contribution < 1.29 is 29.6 Å². The lowest BCUT2D eigenvalue weighted by Gasteiger charge is -2.36. The van der Waals surface area contributed by atoms with Crippen LogP contribution in [0.2, 0.25) is 0 Å². The van der Waals surface area contributed by atoms with Gasteiger partial charge in [0.25, 0.3) is 5.91 Å². The summed E-state index contributed by atoms with van der Waals surface area (Å²) in [5, 5.41) is 29.1. The van der Waals surface area contributed by atoms with Gasteiger partial charge >= 0.3 is 0 Å². The number of aromatic hydroxyl groups is 1. The van der Waals surface area contributed by atoms with Crippen LogP contribution in [-0.2, 0) is 0 Å². The Morgan fingerprint density at radius 3 is 2.83 bits per heavy atom. The van der Waals surface area contributed by atoms with Crippen LogP contribution in [0.25, 0.3) is 0 Å². The molecule has 7 nitrogen and oxygen atoms in total. The number of ether oxygens (including phenoxy) is 1. The average molecular weight is 417 g/mol. The van der Waals surface area contributed by atoms with E-state index in [1.54, 1.807) is 53.1 Å². The number of hydrogen-bond donors (Lipinski definition) is 3. The predicted molar refractivity (Wildman–Crippen MR) is 110 cm³/mol. The van der Waals surface area contributed by atoms with Crippen molar-refractivity contribution in [1.82, 2.24) is 4.90 Å². The summed E-state index contributed by atoms with van der Waals surface area (Å²) < 4.78 is 5.78. The third-order valence-electron chi connectivity index (χ3n) is 4.80. The van der Waals surface area contributed by atoms with Crippen LogP contribution in [-0.4, -0.2) is 69.7 Å². The summed E-state index contributed by atoms with van der Waals surface area (Å²) in [6.07, 6.45) is -0.595. The van der Waals surface area contributed by atoms with Crippen molar-refractivity contribution in [2.75, 3.05) is 31.3 Å². The van der Waals surface area contributed by atoms with E-state index in [1.165, 1.54) is 6.07 Å². The highest BCUT2D eigenvalue weighted by atomic mass is 32.2. The van der Waals surface area contributed by atoms with Gasteiger partial charge in [0, 0.05) is 23.6 Å². The van der Waals surface area contributed by atoms with Gasteiger partial charge in [0.05, 0.1) is 18.2 Å². The monoisotopic (exact) mass is 417 g/mol. The van der Waals surface area contributed by atoms with Gasteiger partial charge in [-0.1, -0.05) is 24.3 Å². The van der Waals surface area contributed by atoms with E-state index in [-0.39, 0.29) is 35.6 Å². The Hall–Kier alpha value is -2.55. The number of aldehydes is 1. The maximum atomic E-state index is 13.2. The van der Waals surface area contributed by atoms with Crippen LogP contribution < -0.4 is 4.74 Å². The van der Waals surface area contributed by atoms with Gasteiger partial charge in [-0.15, -0.1) is 0 Å². The predicted octanol–water partition coefficient (Wildman–Crippen LogP) is 1.87. The molecule has 2 aromatic carbocycles. The molecule has 3 rings (SSSR count). The summed E-state index contributed by atoms with van der Waals surface area (Å²) in [5.74, 6) is 1.30. The number of carbonyl (C=O) groups excluding carboxylic acids is 2. The van der Waals surface area contributed by atoms with E-state index in [9.17, 15) is 24.9 Å². The van der Waals surface area contributed by atoms with Gasteiger partial charge in [0.1, 0.15) is 24.2 Å². The highest BCUT2D eigenvalue weighted by molar-refractivity contribution is 7.99. The minimum Gasteiger partial charge on any atom is -0.507 e. The molecule has 0 radical (unpaired) electrons. The van der Waals surface area contributed by atoms with Crippen molar-refractivity contribution in [3.8, 4) is 11.5 Å². The molecule has 1 saturated heterocycles. The molecule has 0 unspecified atom stereocenters. The first-order valence-corrected chi connectivity index (χ1v) is 10.4. The molecule has 0 aliphatic carbocycles. The Morgan fingerprint density at radius 1 is 1.28 bits per heavy atom. The van der Waals surface area contributed by atoms with E-state index >= 15 is 0 Å². The number of hydrogen-bond acceptors (Lipinski definition) is 7. The molecule has 1 aliphatic rings. The molecule has 0 aromatic heterocycles. The third-order valence-corrected chi connectivity index (χ3v) is 5.90. The van der Waals surface area contributed by atoms with Crippen molar-refractivity contribution in [3.63, 3.8) is 0 Å². The Balaban J connectivity index is 1.79. The maximum Gasteiger partial charge on any atom is 0.254 e. The van der Waals surface area contributed by atoms with Crippen LogP contribution >= 0.6 is 11.8 Å². The Labute approximate surface area is 172 Å². The number of nitrogens with zero attached hydrogens (tertiary/aromatic N) is 1. The van der Waals surface area contributed by atoms with Gasteiger partial charge in [-0.25, -0.2) is 0 Å². The lowest BCUT2D eigenvalue weighted by molar-refractivity contribution is 0.0628. The third kappa shape index (κ3) is 4.72. The highest BCUT2D eigenvalue weighted by Crippen LogP contribution is 2.28. The standard InChI is InChI=1S/C21H23NO6S/c23-10-17-18(25)6-3-7-20(17)28-12-14-13-29-9-8-22(14)21(27)16-5-2-1-4-15(16)19(26)11-24/h1-7,10,14,19,24-26H,8-9,11-13H2/t14-,19-/m1/s1. The largest absolute Gasteiger partial charge is 0.507 e. The fourth-order valence-electron chi connectivity index (χ4n) is 3.26. The van der Waals surface area contributed by atoms with Gasteiger partial charge in [0.2, 0.25) is 0 Å². The van der Waals surface area contributed by atoms with E-state index in [0.29, 0.717) is 29.7 Å². The van der Waals surface area contributed by atoms with Crippen molar-refractivity contribution in [2.24, 2.45) is 0 Å². The zero-order valence-electron chi connectivity index (χ0n) is 15.7. The van der Waals surface area contributed by atoms with Crippen molar-refractivity contribution in [1.29, 1.82) is 0 Å². The molecule has 1 amide bonds. The zero-order chi connectivity index (χ0) is 20.8. The Morgan fingerprint density at radius 2 is 2.07 bits per heavy atom. The zero-order valence-corrected chi connectivity index (χ0v) is 16.5. The molecule has 1 heterocycles. The molecule has 2 atom stereocenters.